The van der Waals surface area contributed by atoms with Crippen LogP contribution in [0.5, 0.6) is 5.75 Å². The molecule has 1 aromatic carbocycles. The van der Waals surface area contributed by atoms with E-state index in [1.807, 2.05) is 0 Å². The number of ether oxygens (including phenoxy) is 2. The molecule has 0 spiro atoms. The van der Waals surface area contributed by atoms with E-state index in [0.29, 0.717) is 0 Å². The van der Waals surface area contributed by atoms with Crippen molar-refractivity contribution in [2.24, 2.45) is 0 Å². The molecule has 0 aromatic heterocycles. The third-order valence-electron chi connectivity index (χ3n) is 2.26. The lowest BCUT2D eigenvalue weighted by Gasteiger charge is -2.07. The number of benzene rings is 1. The Morgan fingerprint density at radius 1 is 1.24 bits per heavy atom. The highest BCUT2D eigenvalue weighted by molar-refractivity contribution is 5.99. The molecule has 0 saturated heterocycles. The van der Waals surface area contributed by atoms with Crippen molar-refractivity contribution in [1.82, 2.24) is 0 Å². The number of carbonyl (C=O) groups excluding carboxylic acids is 2. The van der Waals surface area contributed by atoms with Crippen molar-refractivity contribution < 1.29 is 23.5 Å². The van der Waals surface area contributed by atoms with Crippen molar-refractivity contribution in [3.05, 3.63) is 29.6 Å². The quantitative estimate of drug-likeness (QED) is 0.583. The Hall–Kier alpha value is -1.91. The van der Waals surface area contributed by atoms with Gasteiger partial charge in [0.15, 0.2) is 17.3 Å². The number of halogens is 1. The van der Waals surface area contributed by atoms with Crippen molar-refractivity contribution >= 4 is 11.8 Å². The molecule has 0 aliphatic heterocycles. The van der Waals surface area contributed by atoms with E-state index < -0.39 is 11.8 Å². The van der Waals surface area contributed by atoms with Gasteiger partial charge in [-0.3, -0.25) is 9.59 Å². The average Bonchev–Trinajstić information content (AvgIpc) is 2.35. The fourth-order valence-electron chi connectivity index (χ4n) is 1.39. The van der Waals surface area contributed by atoms with Crippen LogP contribution in [0.2, 0.25) is 0 Å². The Morgan fingerprint density at radius 3 is 2.53 bits per heavy atom. The van der Waals surface area contributed by atoms with Gasteiger partial charge in [0.25, 0.3) is 0 Å². The van der Waals surface area contributed by atoms with Gasteiger partial charge in [-0.2, -0.15) is 0 Å². The smallest absolute Gasteiger partial charge is 0.305 e. The fourth-order valence-corrected chi connectivity index (χ4v) is 1.39. The molecule has 1 aromatic rings. The molecule has 0 radical (unpaired) electrons. The normalized spacial score (nSPS) is 9.82. The lowest BCUT2D eigenvalue weighted by molar-refractivity contribution is -0.140. The second-order valence-electron chi connectivity index (χ2n) is 3.32. The molecule has 0 atom stereocenters. The second-order valence-corrected chi connectivity index (χ2v) is 3.32. The van der Waals surface area contributed by atoms with E-state index >= 15 is 0 Å². The van der Waals surface area contributed by atoms with Gasteiger partial charge < -0.3 is 9.47 Å². The van der Waals surface area contributed by atoms with Crippen molar-refractivity contribution in [3.63, 3.8) is 0 Å². The molecule has 4 nitrogen and oxygen atoms in total. The van der Waals surface area contributed by atoms with Crippen LogP contribution in [0.3, 0.4) is 0 Å². The summed E-state index contributed by atoms with van der Waals surface area (Å²) in [4.78, 5) is 22.6. The maximum atomic E-state index is 13.3. The van der Waals surface area contributed by atoms with Gasteiger partial charge >= 0.3 is 5.97 Å². The second kappa shape index (κ2) is 5.98. The van der Waals surface area contributed by atoms with Gasteiger partial charge in [0, 0.05) is 6.42 Å². The molecule has 0 aliphatic carbocycles. The molecule has 0 aliphatic rings. The number of esters is 1. The summed E-state index contributed by atoms with van der Waals surface area (Å²) in [6, 6.07) is 4.08. The predicted molar refractivity (Wildman–Crippen MR) is 58.5 cm³/mol. The number of hydrogen-bond donors (Lipinski definition) is 0. The predicted octanol–water partition coefficient (Wildman–Crippen LogP) is 1.97. The molecule has 0 bridgehead atoms. The molecular weight excluding hydrogens is 227 g/mol. The summed E-state index contributed by atoms with van der Waals surface area (Å²) in [5.74, 6) is -1.53. The minimum atomic E-state index is -0.601. The van der Waals surface area contributed by atoms with E-state index in [0.717, 1.165) is 0 Å². The van der Waals surface area contributed by atoms with Gasteiger partial charge in [0.1, 0.15) is 0 Å². The molecule has 0 N–H and O–H groups in total. The van der Waals surface area contributed by atoms with Crippen molar-refractivity contribution in [2.45, 2.75) is 12.8 Å². The Morgan fingerprint density at radius 2 is 1.94 bits per heavy atom. The first-order valence-corrected chi connectivity index (χ1v) is 5.02. The average molecular weight is 240 g/mol. The Labute approximate surface area is 98.3 Å². The van der Waals surface area contributed by atoms with Crippen LogP contribution >= 0.6 is 0 Å². The summed E-state index contributed by atoms with van der Waals surface area (Å²) in [7, 11) is 2.53. The summed E-state index contributed by atoms with van der Waals surface area (Å²) in [6.07, 6.45) is -0.0680. The maximum absolute atomic E-state index is 13.3. The van der Waals surface area contributed by atoms with Gasteiger partial charge in [-0.05, 0) is 12.1 Å². The van der Waals surface area contributed by atoms with E-state index in [9.17, 15) is 14.0 Å². The number of methoxy groups -OCH3 is 2. The number of para-hydroxylation sites is 1. The van der Waals surface area contributed by atoms with Crippen LogP contribution in [0, 0.1) is 5.82 Å². The molecule has 0 fully saturated rings. The van der Waals surface area contributed by atoms with E-state index in [-0.39, 0.29) is 29.9 Å². The number of rotatable bonds is 5. The minimum Gasteiger partial charge on any atom is -0.493 e. The zero-order valence-electron chi connectivity index (χ0n) is 9.66. The van der Waals surface area contributed by atoms with Gasteiger partial charge in [0.05, 0.1) is 26.2 Å². The summed E-state index contributed by atoms with van der Waals surface area (Å²) < 4.78 is 22.5. The van der Waals surface area contributed by atoms with Crippen molar-refractivity contribution in [1.29, 1.82) is 0 Å². The monoisotopic (exact) mass is 240 g/mol. The molecule has 17 heavy (non-hydrogen) atoms. The first-order valence-electron chi connectivity index (χ1n) is 5.02. The lowest BCUT2D eigenvalue weighted by atomic mass is 10.1. The van der Waals surface area contributed by atoms with Crippen LogP contribution in [0.15, 0.2) is 18.2 Å². The largest absolute Gasteiger partial charge is 0.493 e. The summed E-state index contributed by atoms with van der Waals surface area (Å²) in [5.41, 5.74) is 0.136. The summed E-state index contributed by atoms with van der Waals surface area (Å²) >= 11 is 0. The molecule has 0 heterocycles. The highest BCUT2D eigenvalue weighted by Crippen LogP contribution is 2.23. The lowest BCUT2D eigenvalue weighted by Crippen LogP contribution is -2.08. The van der Waals surface area contributed by atoms with Crippen molar-refractivity contribution in [2.75, 3.05) is 14.2 Å². The number of ketones is 1. The van der Waals surface area contributed by atoms with Gasteiger partial charge in [-0.15, -0.1) is 0 Å². The van der Waals surface area contributed by atoms with Crippen LogP contribution in [-0.4, -0.2) is 26.0 Å². The van der Waals surface area contributed by atoms with E-state index in [2.05, 4.69) is 4.74 Å². The van der Waals surface area contributed by atoms with Crippen LogP contribution in [0.25, 0.3) is 0 Å². The minimum absolute atomic E-state index is 0.0327. The number of carbonyl (C=O) groups is 2. The number of hydrogen-bond acceptors (Lipinski definition) is 4. The highest BCUT2D eigenvalue weighted by Gasteiger charge is 2.16. The van der Waals surface area contributed by atoms with Gasteiger partial charge in [-0.1, -0.05) is 6.07 Å². The Bertz CT molecular complexity index is 429. The molecule has 1 rings (SSSR count). The van der Waals surface area contributed by atoms with Crippen LogP contribution in [-0.2, 0) is 9.53 Å². The zero-order chi connectivity index (χ0) is 12.8. The molecule has 92 valence electrons. The molecule has 0 saturated carbocycles. The zero-order valence-corrected chi connectivity index (χ0v) is 9.66. The number of Topliss-reactive ketones (excluding diaryl/α,β-unsaturated/α-hetero) is 1. The summed E-state index contributed by atoms with van der Waals surface area (Å²) in [6.45, 7) is 0. The first kappa shape index (κ1) is 13.2. The standard InChI is InChI=1S/C12H13FO4/c1-16-11(15)7-6-10(14)8-4-3-5-9(13)12(8)17-2/h3-5H,6-7H2,1-2H3. The molecule has 0 amide bonds. The fraction of sp³-hybridized carbons (Fsp3) is 0.333. The van der Waals surface area contributed by atoms with Gasteiger partial charge in [0.2, 0.25) is 0 Å². The summed E-state index contributed by atoms with van der Waals surface area (Å²) in [5, 5.41) is 0. The van der Waals surface area contributed by atoms with Crippen LogP contribution in [0.4, 0.5) is 4.39 Å². The first-order chi connectivity index (χ1) is 8.10. The van der Waals surface area contributed by atoms with Crippen LogP contribution < -0.4 is 4.74 Å². The molecule has 5 heteroatoms. The Balaban J connectivity index is 2.82. The third-order valence-corrected chi connectivity index (χ3v) is 2.26. The van der Waals surface area contributed by atoms with Gasteiger partial charge in [-0.25, -0.2) is 4.39 Å². The SMILES string of the molecule is COC(=O)CCC(=O)c1cccc(F)c1OC. The topological polar surface area (TPSA) is 52.6 Å². The van der Waals surface area contributed by atoms with E-state index in [1.54, 1.807) is 0 Å². The van der Waals surface area contributed by atoms with Crippen molar-refractivity contribution in [3.8, 4) is 5.75 Å². The Kier molecular flexibility index (Phi) is 4.63. The van der Waals surface area contributed by atoms with E-state index in [1.165, 1.54) is 32.4 Å². The highest BCUT2D eigenvalue weighted by atomic mass is 19.1. The van der Waals surface area contributed by atoms with Crippen LogP contribution in [0.1, 0.15) is 23.2 Å². The molecule has 0 unspecified atom stereocenters. The third kappa shape index (κ3) is 3.27. The molecular formula is C12H13FO4. The van der Waals surface area contributed by atoms with E-state index in [4.69, 9.17) is 4.74 Å². The maximum Gasteiger partial charge on any atom is 0.305 e.